The number of nitrogens with zero attached hydrogens (tertiary/aromatic N) is 1. The lowest BCUT2D eigenvalue weighted by Crippen LogP contribution is -2.56. The lowest BCUT2D eigenvalue weighted by Gasteiger charge is -2.36. The van der Waals surface area contributed by atoms with Crippen molar-refractivity contribution in [1.82, 2.24) is 21.1 Å². The van der Waals surface area contributed by atoms with Gasteiger partial charge in [-0.25, -0.2) is 9.59 Å². The number of hydrazine groups is 1. The zero-order valence-electron chi connectivity index (χ0n) is 27.8. The van der Waals surface area contributed by atoms with Crippen molar-refractivity contribution in [2.45, 2.75) is 64.3 Å². The monoisotopic (exact) mass is 660 g/mol. The molecule has 4 aromatic carbocycles. The Labute approximate surface area is 285 Å². The van der Waals surface area contributed by atoms with Crippen molar-refractivity contribution in [3.63, 3.8) is 0 Å². The molecule has 0 bridgehead atoms. The minimum Gasteiger partial charge on any atom is -0.449 e. The lowest BCUT2D eigenvalue weighted by atomic mass is 9.94. The first-order valence-electron chi connectivity index (χ1n) is 16.4. The van der Waals surface area contributed by atoms with Crippen molar-refractivity contribution in [3.05, 3.63) is 130 Å². The molecule has 6 rings (SSSR count). The van der Waals surface area contributed by atoms with Crippen LogP contribution in [-0.4, -0.2) is 47.2 Å². The molecule has 1 atom stereocenters. The first-order valence-corrected chi connectivity index (χ1v) is 16.4. The predicted octanol–water partition coefficient (Wildman–Crippen LogP) is 5.78. The summed E-state index contributed by atoms with van der Waals surface area (Å²) in [6, 6.07) is 30.4. The van der Waals surface area contributed by atoms with E-state index in [2.05, 4.69) is 40.4 Å². The van der Waals surface area contributed by atoms with Gasteiger partial charge < -0.3 is 14.8 Å². The van der Waals surface area contributed by atoms with Gasteiger partial charge >= 0.3 is 12.2 Å². The van der Waals surface area contributed by atoms with E-state index >= 15 is 0 Å². The molecule has 0 saturated heterocycles. The van der Waals surface area contributed by atoms with Gasteiger partial charge in [0.05, 0.1) is 13.0 Å². The number of carbonyl (C=O) groups is 4. The first-order chi connectivity index (χ1) is 23.6. The van der Waals surface area contributed by atoms with Crippen LogP contribution in [-0.2, 0) is 45.0 Å². The summed E-state index contributed by atoms with van der Waals surface area (Å²) < 4.78 is 11.2. The Morgan fingerprint density at radius 2 is 1.35 bits per heavy atom. The van der Waals surface area contributed by atoms with Gasteiger partial charge in [-0.05, 0) is 65.3 Å². The highest BCUT2D eigenvalue weighted by atomic mass is 16.6. The van der Waals surface area contributed by atoms with Crippen molar-refractivity contribution >= 4 is 24.0 Å². The number of hydrogen-bond acceptors (Lipinski definition) is 6. The lowest BCUT2D eigenvalue weighted by molar-refractivity contribution is -0.132. The summed E-state index contributed by atoms with van der Waals surface area (Å²) in [6.45, 7) is 6.03. The molecule has 0 radical (unpaired) electrons. The van der Waals surface area contributed by atoms with Crippen molar-refractivity contribution in [2.24, 2.45) is 0 Å². The summed E-state index contributed by atoms with van der Waals surface area (Å²) in [6.07, 6.45) is -0.791. The number of ether oxygens (including phenoxy) is 2. The standard InChI is InChI=1S/C39H40N4O6/c1-39(2,3)49-38(47)43-23-28-11-5-4-10-27(28)21-34(43)36(45)42-41-35(44)20-25-16-18-26(19-17-25)22-40-37(46)48-24-33-31-14-8-6-12-29(31)30-13-7-9-15-32(30)33/h4-19,33-34H,20-24H2,1-3H3,(H,40,46)(H,41,44)(H,42,45)/t34-/m1/s1. The van der Waals surface area contributed by atoms with Crippen LogP contribution in [0.15, 0.2) is 97.1 Å². The first kappa shape index (κ1) is 33.3. The molecule has 10 heteroatoms. The Morgan fingerprint density at radius 1 is 0.755 bits per heavy atom. The molecule has 2 aliphatic rings. The zero-order valence-corrected chi connectivity index (χ0v) is 27.8. The highest BCUT2D eigenvalue weighted by Gasteiger charge is 2.37. The van der Waals surface area contributed by atoms with Gasteiger partial charge in [0.25, 0.3) is 5.91 Å². The van der Waals surface area contributed by atoms with Gasteiger partial charge in [0.2, 0.25) is 5.91 Å². The second kappa shape index (κ2) is 14.2. The van der Waals surface area contributed by atoms with Crippen LogP contribution in [0.5, 0.6) is 0 Å². The smallest absolute Gasteiger partial charge is 0.411 e. The Balaban J connectivity index is 0.968. The van der Waals surface area contributed by atoms with Gasteiger partial charge in [-0.1, -0.05) is 97.1 Å². The van der Waals surface area contributed by atoms with Gasteiger partial charge in [-0.2, -0.15) is 0 Å². The van der Waals surface area contributed by atoms with Gasteiger partial charge in [0.1, 0.15) is 18.2 Å². The molecule has 0 spiro atoms. The van der Waals surface area contributed by atoms with Crippen molar-refractivity contribution < 1.29 is 28.7 Å². The van der Waals surface area contributed by atoms with E-state index in [0.29, 0.717) is 6.42 Å². The highest BCUT2D eigenvalue weighted by molar-refractivity contribution is 5.89. The fraction of sp³-hybridized carbons (Fsp3) is 0.282. The summed E-state index contributed by atoms with van der Waals surface area (Å²) in [5, 5.41) is 2.80. The Kier molecular flexibility index (Phi) is 9.66. The van der Waals surface area contributed by atoms with E-state index in [-0.39, 0.29) is 32.0 Å². The topological polar surface area (TPSA) is 126 Å². The average molecular weight is 661 g/mol. The molecule has 4 aromatic rings. The fourth-order valence-electron chi connectivity index (χ4n) is 6.31. The summed E-state index contributed by atoms with van der Waals surface area (Å²) in [4.78, 5) is 52.9. The number of rotatable bonds is 7. The third-order valence-electron chi connectivity index (χ3n) is 8.67. The van der Waals surface area contributed by atoms with E-state index in [0.717, 1.165) is 33.4 Å². The maximum Gasteiger partial charge on any atom is 0.411 e. The highest BCUT2D eigenvalue weighted by Crippen LogP contribution is 2.44. The molecular formula is C39H40N4O6. The van der Waals surface area contributed by atoms with E-state index in [4.69, 9.17) is 9.47 Å². The van der Waals surface area contributed by atoms with Crippen LogP contribution in [0.25, 0.3) is 11.1 Å². The minimum atomic E-state index is -0.853. The van der Waals surface area contributed by atoms with Crippen LogP contribution < -0.4 is 16.2 Å². The molecule has 1 aliphatic heterocycles. The molecule has 0 unspecified atom stereocenters. The molecule has 0 aromatic heterocycles. The molecule has 3 N–H and O–H groups in total. The number of hydrogen-bond donors (Lipinski definition) is 3. The Morgan fingerprint density at radius 3 is 2.00 bits per heavy atom. The van der Waals surface area contributed by atoms with Crippen LogP contribution in [0.3, 0.4) is 0 Å². The van der Waals surface area contributed by atoms with Gasteiger partial charge in [-0.3, -0.25) is 25.3 Å². The second-order valence-corrected chi connectivity index (χ2v) is 13.3. The summed E-state index contributed by atoms with van der Waals surface area (Å²) in [5.74, 6) is -0.946. The number of benzene rings is 4. The van der Waals surface area contributed by atoms with Crippen LogP contribution in [0.1, 0.15) is 60.1 Å². The molecule has 49 heavy (non-hydrogen) atoms. The predicted molar refractivity (Wildman–Crippen MR) is 184 cm³/mol. The number of nitrogens with one attached hydrogen (secondary N) is 3. The molecule has 252 valence electrons. The number of alkyl carbamates (subject to hydrolysis) is 1. The molecule has 1 heterocycles. The van der Waals surface area contributed by atoms with E-state index < -0.39 is 35.6 Å². The van der Waals surface area contributed by atoms with Crippen molar-refractivity contribution in [3.8, 4) is 11.1 Å². The second-order valence-electron chi connectivity index (χ2n) is 13.3. The van der Waals surface area contributed by atoms with Crippen molar-refractivity contribution in [1.29, 1.82) is 0 Å². The van der Waals surface area contributed by atoms with Crippen LogP contribution in [0, 0.1) is 0 Å². The summed E-state index contributed by atoms with van der Waals surface area (Å²) in [5.41, 5.74) is 12.3. The summed E-state index contributed by atoms with van der Waals surface area (Å²) in [7, 11) is 0. The van der Waals surface area contributed by atoms with E-state index in [1.165, 1.54) is 16.0 Å². The average Bonchev–Trinajstić information content (AvgIpc) is 3.41. The third kappa shape index (κ3) is 7.92. The number of carbonyl (C=O) groups excluding carboxylic acids is 4. The largest absolute Gasteiger partial charge is 0.449 e. The Bertz CT molecular complexity index is 1820. The van der Waals surface area contributed by atoms with Crippen LogP contribution in [0.4, 0.5) is 9.59 Å². The van der Waals surface area contributed by atoms with Gasteiger partial charge in [0.15, 0.2) is 0 Å². The van der Waals surface area contributed by atoms with E-state index in [9.17, 15) is 19.2 Å². The summed E-state index contributed by atoms with van der Waals surface area (Å²) >= 11 is 0. The van der Waals surface area contributed by atoms with Crippen LogP contribution in [0.2, 0.25) is 0 Å². The minimum absolute atomic E-state index is 0.0170. The maximum atomic E-state index is 13.2. The SMILES string of the molecule is CC(C)(C)OC(=O)N1Cc2ccccc2C[C@@H]1C(=O)NNC(=O)Cc1ccc(CNC(=O)OCC2c3ccccc3-c3ccccc32)cc1. The molecule has 0 fully saturated rings. The molecule has 0 saturated carbocycles. The number of amides is 4. The fourth-order valence-corrected chi connectivity index (χ4v) is 6.31. The zero-order chi connectivity index (χ0) is 34.5. The number of fused-ring (bicyclic) bond motifs is 4. The van der Waals surface area contributed by atoms with E-state index in [1.807, 2.05) is 60.7 Å². The van der Waals surface area contributed by atoms with Crippen LogP contribution >= 0.6 is 0 Å². The van der Waals surface area contributed by atoms with Gasteiger partial charge in [0, 0.05) is 18.9 Å². The molecule has 4 amide bonds. The normalized spacial score (nSPS) is 14.9. The van der Waals surface area contributed by atoms with Crippen molar-refractivity contribution in [2.75, 3.05) is 6.61 Å². The van der Waals surface area contributed by atoms with Gasteiger partial charge in [-0.15, -0.1) is 0 Å². The quantitative estimate of drug-likeness (QED) is 0.216. The molecule has 10 nitrogen and oxygen atoms in total. The van der Waals surface area contributed by atoms with E-state index in [1.54, 1.807) is 32.9 Å². The molecular weight excluding hydrogens is 620 g/mol. The Hall–Kier alpha value is -5.64. The maximum absolute atomic E-state index is 13.2. The molecule has 1 aliphatic carbocycles. The third-order valence-corrected chi connectivity index (χ3v) is 8.67.